The van der Waals surface area contributed by atoms with E-state index in [-0.39, 0.29) is 16.0 Å². The van der Waals surface area contributed by atoms with Crippen LogP contribution in [0.3, 0.4) is 0 Å². The Bertz CT molecular complexity index is 2550. The molecule has 6 nitrogen and oxygen atoms in total. The van der Waals surface area contributed by atoms with E-state index in [9.17, 15) is 10.2 Å². The number of aromatic hydroxyl groups is 2. The second kappa shape index (κ2) is 12.7. The van der Waals surface area contributed by atoms with E-state index in [1.165, 1.54) is 0 Å². The normalized spacial score (nSPS) is 12.1. The fourth-order valence-corrected chi connectivity index (χ4v) is 8.34. The van der Waals surface area contributed by atoms with Gasteiger partial charge in [0, 0.05) is 38.9 Å². The third kappa shape index (κ3) is 5.59. The van der Waals surface area contributed by atoms with Crippen molar-refractivity contribution in [3.05, 3.63) is 181 Å². The van der Waals surface area contributed by atoms with Gasteiger partial charge in [-0.3, -0.25) is 4.98 Å². The Labute approximate surface area is 308 Å². The number of aromatic nitrogens is 3. The predicted molar refractivity (Wildman–Crippen MR) is 215 cm³/mol. The molecule has 2 N–H and O–H groups in total. The number of nitrogens with zero attached hydrogens (tertiary/aromatic N) is 4. The van der Waals surface area contributed by atoms with Gasteiger partial charge in [-0.2, -0.15) is 0 Å². The summed E-state index contributed by atoms with van der Waals surface area (Å²) in [5.41, 5.74) is 10.1. The molecule has 0 bridgehead atoms. The van der Waals surface area contributed by atoms with Gasteiger partial charge >= 0.3 is 0 Å². The zero-order valence-corrected chi connectivity index (χ0v) is 29.9. The van der Waals surface area contributed by atoms with Crippen molar-refractivity contribution in [2.24, 2.45) is 0 Å². The fourth-order valence-electron chi connectivity index (χ4n) is 8.34. The van der Waals surface area contributed by atoms with E-state index in [4.69, 9.17) is 12.0 Å². The van der Waals surface area contributed by atoms with Gasteiger partial charge in [0.05, 0.1) is 58.8 Å². The lowest BCUT2D eigenvalue weighted by molar-refractivity contribution is -0.925. The number of fused-ring (bicyclic) bond motifs is 6. The lowest BCUT2D eigenvalue weighted by atomic mass is 10.0. The monoisotopic (exact) mass is 692 g/mol. The van der Waals surface area contributed by atoms with Crippen LogP contribution in [-0.2, 0) is 19.6 Å². The molecule has 260 valence electrons. The molecule has 9 aromatic rings. The van der Waals surface area contributed by atoms with E-state index in [1.54, 1.807) is 6.20 Å². The molecular formula is C47H40N4O2. The minimum absolute atomic E-state index is 0.213. The Hall–Kier alpha value is -6.37. The molecule has 0 fully saturated rings. The molecule has 0 saturated carbocycles. The van der Waals surface area contributed by atoms with Crippen LogP contribution in [0.15, 0.2) is 146 Å². The lowest BCUT2D eigenvalue weighted by Crippen LogP contribution is -2.40. The molecular weight excluding hydrogens is 653 g/mol. The summed E-state index contributed by atoms with van der Waals surface area (Å²) < 4.78 is 4.54. The van der Waals surface area contributed by atoms with Gasteiger partial charge in [0.2, 0.25) is 0 Å². The number of hydrogen-bond acceptors (Lipinski definition) is 3. The van der Waals surface area contributed by atoms with Crippen molar-refractivity contribution in [3.8, 4) is 22.9 Å². The first-order valence-electron chi connectivity index (χ1n) is 18.0. The number of quaternary nitrogens is 1. The summed E-state index contributed by atoms with van der Waals surface area (Å²) in [4.78, 5) is 4.69. The number of hydrogen-bond donors (Lipinski definition) is 2. The number of pyridine rings is 1. The van der Waals surface area contributed by atoms with Crippen molar-refractivity contribution < 1.29 is 14.7 Å². The van der Waals surface area contributed by atoms with Gasteiger partial charge in [-0.15, -0.1) is 7.05 Å². The molecule has 3 heterocycles. The topological polar surface area (TPSA) is 63.2 Å². The highest BCUT2D eigenvalue weighted by molar-refractivity contribution is 6.10. The molecule has 3 aromatic heterocycles. The first kappa shape index (κ1) is 32.5. The van der Waals surface area contributed by atoms with Gasteiger partial charge in [0.1, 0.15) is 11.5 Å². The number of phenols is 2. The van der Waals surface area contributed by atoms with E-state index < -0.39 is 0 Å². The Morgan fingerprint density at radius 3 is 1.26 bits per heavy atom. The maximum absolute atomic E-state index is 12.2. The van der Waals surface area contributed by atoms with Crippen LogP contribution < -0.4 is 0 Å². The van der Waals surface area contributed by atoms with Crippen LogP contribution in [-0.4, -0.2) is 28.8 Å². The van der Waals surface area contributed by atoms with Crippen molar-refractivity contribution in [1.82, 2.24) is 14.1 Å². The van der Waals surface area contributed by atoms with Gasteiger partial charge in [-0.25, -0.2) is 0 Å². The third-order valence-corrected chi connectivity index (χ3v) is 10.5. The molecule has 53 heavy (non-hydrogen) atoms. The first-order valence-corrected chi connectivity index (χ1v) is 18.0. The van der Waals surface area contributed by atoms with E-state index in [1.807, 2.05) is 42.5 Å². The zero-order chi connectivity index (χ0) is 36.3. The van der Waals surface area contributed by atoms with Crippen LogP contribution >= 0.6 is 0 Å². The number of phenolic OH excluding ortho intramolecular Hbond substituents is 2. The largest absolute Gasteiger partial charge is 0.505 e. The van der Waals surface area contributed by atoms with Gasteiger partial charge in [-0.1, -0.05) is 78.9 Å². The van der Waals surface area contributed by atoms with E-state index >= 15 is 0 Å². The molecule has 6 aromatic carbocycles. The number of para-hydroxylation sites is 4. The minimum atomic E-state index is 0.213. The SMILES string of the molecule is [CH2-][N+](Cc1ccccn1)(Cc1cc(C)cc(-n2c3ccccc3c3ccccc32)c1O)Cc1cc(C)cc(-n2c3ccccc3c3ccccc32)c1O. The van der Waals surface area contributed by atoms with Crippen molar-refractivity contribution in [1.29, 1.82) is 0 Å². The molecule has 0 spiro atoms. The highest BCUT2D eigenvalue weighted by atomic mass is 16.3. The van der Waals surface area contributed by atoms with Crippen LogP contribution in [0.4, 0.5) is 0 Å². The molecule has 0 atom stereocenters. The van der Waals surface area contributed by atoms with Crippen LogP contribution in [0, 0.1) is 20.9 Å². The van der Waals surface area contributed by atoms with Crippen molar-refractivity contribution in [2.45, 2.75) is 33.5 Å². The Morgan fingerprint density at radius 1 is 0.509 bits per heavy atom. The maximum atomic E-state index is 12.2. The third-order valence-electron chi connectivity index (χ3n) is 10.5. The molecule has 0 unspecified atom stereocenters. The van der Waals surface area contributed by atoms with Gasteiger partial charge < -0.3 is 23.8 Å². The zero-order valence-electron chi connectivity index (χ0n) is 29.9. The summed E-state index contributed by atoms with van der Waals surface area (Å²) in [5.74, 6) is 0.433. The van der Waals surface area contributed by atoms with E-state index in [2.05, 4.69) is 120 Å². The van der Waals surface area contributed by atoms with Crippen LogP contribution in [0.25, 0.3) is 55.0 Å². The number of rotatable bonds is 8. The summed E-state index contributed by atoms with van der Waals surface area (Å²) >= 11 is 0. The maximum Gasteiger partial charge on any atom is 0.148 e. The van der Waals surface area contributed by atoms with E-state index in [0.29, 0.717) is 19.6 Å². The molecule has 6 heteroatoms. The van der Waals surface area contributed by atoms with Gasteiger partial charge in [0.15, 0.2) is 0 Å². The van der Waals surface area contributed by atoms with Gasteiger partial charge in [-0.05, 0) is 85.6 Å². The number of benzene rings is 6. The summed E-state index contributed by atoms with van der Waals surface area (Å²) in [6.45, 7) is 5.41. The minimum Gasteiger partial charge on any atom is -0.505 e. The van der Waals surface area contributed by atoms with Gasteiger partial charge in [0.25, 0.3) is 0 Å². The van der Waals surface area contributed by atoms with Crippen LogP contribution in [0.2, 0.25) is 0 Å². The average Bonchev–Trinajstić information content (AvgIpc) is 3.68. The second-order valence-corrected chi connectivity index (χ2v) is 14.5. The lowest BCUT2D eigenvalue weighted by Gasteiger charge is -2.43. The first-order chi connectivity index (χ1) is 25.8. The summed E-state index contributed by atoms with van der Waals surface area (Å²) in [6, 6.07) is 47.5. The molecule has 0 aliphatic carbocycles. The van der Waals surface area contributed by atoms with E-state index in [0.717, 1.165) is 82.9 Å². The average molecular weight is 693 g/mol. The highest BCUT2D eigenvalue weighted by Crippen LogP contribution is 2.41. The molecule has 9 rings (SSSR count). The molecule has 0 saturated heterocycles. The van der Waals surface area contributed by atoms with Crippen molar-refractivity contribution in [3.63, 3.8) is 0 Å². The Kier molecular flexibility index (Phi) is 7.79. The number of aryl methyl sites for hydroxylation is 2. The van der Waals surface area contributed by atoms with Crippen molar-refractivity contribution >= 4 is 43.6 Å². The molecule has 0 radical (unpaired) electrons. The standard InChI is InChI=1S/C47H40N4O2/c1-31-24-33(46(52)44(26-31)49-40-19-8-4-15-36(40)37-16-5-9-20-41(37)49)28-51(3,30-35-14-12-13-23-48-35)29-34-25-32(2)27-45(47(34)53)50-42-21-10-6-17-38(42)39-18-7-11-22-43(39)50/h4-27,52-53H,3,28-30H2,1-2H3. The van der Waals surface area contributed by atoms with Crippen LogP contribution in [0.5, 0.6) is 11.5 Å². The van der Waals surface area contributed by atoms with Crippen LogP contribution in [0.1, 0.15) is 27.9 Å². The second-order valence-electron chi connectivity index (χ2n) is 14.5. The molecule has 0 aliphatic heterocycles. The Morgan fingerprint density at radius 2 is 0.887 bits per heavy atom. The van der Waals surface area contributed by atoms with Crippen molar-refractivity contribution in [2.75, 3.05) is 0 Å². The predicted octanol–water partition coefficient (Wildman–Crippen LogP) is 10.8. The summed E-state index contributed by atoms with van der Waals surface area (Å²) in [5, 5.41) is 29.0. The summed E-state index contributed by atoms with van der Waals surface area (Å²) in [6.07, 6.45) is 1.80. The smallest absolute Gasteiger partial charge is 0.148 e. The molecule has 0 amide bonds. The highest BCUT2D eigenvalue weighted by Gasteiger charge is 2.26. The molecule has 0 aliphatic rings. The Balaban J connectivity index is 1.18. The summed E-state index contributed by atoms with van der Waals surface area (Å²) in [7, 11) is 4.84. The fraction of sp³-hybridized carbons (Fsp3) is 0.106. The quantitative estimate of drug-likeness (QED) is 0.123.